The maximum absolute atomic E-state index is 3.88. The molecular weight excluding hydrogens is 223 g/mol. The van der Waals surface area contributed by atoms with Gasteiger partial charge in [0.15, 0.2) is 0 Å². The SMILES string of the molecule is [CH2-]CCCN(C)CCC1NCCC1(C)C.[K+]. The van der Waals surface area contributed by atoms with Crippen molar-refractivity contribution >= 4 is 0 Å². The van der Waals surface area contributed by atoms with Gasteiger partial charge in [-0.05, 0) is 44.9 Å². The maximum Gasteiger partial charge on any atom is 1.00 e. The first-order chi connectivity index (χ1) is 7.06. The minimum absolute atomic E-state index is 0. The van der Waals surface area contributed by atoms with E-state index >= 15 is 0 Å². The number of nitrogens with zero attached hydrogens (tertiary/aromatic N) is 1. The van der Waals surface area contributed by atoms with Gasteiger partial charge < -0.3 is 17.1 Å². The quantitative estimate of drug-likeness (QED) is 0.496. The van der Waals surface area contributed by atoms with Crippen molar-refractivity contribution in [1.29, 1.82) is 0 Å². The van der Waals surface area contributed by atoms with Gasteiger partial charge in [-0.15, -0.1) is 0 Å². The summed E-state index contributed by atoms with van der Waals surface area (Å²) in [7, 11) is 2.22. The van der Waals surface area contributed by atoms with Crippen molar-refractivity contribution in [1.82, 2.24) is 10.2 Å². The van der Waals surface area contributed by atoms with Gasteiger partial charge in [0.2, 0.25) is 0 Å². The van der Waals surface area contributed by atoms with Crippen LogP contribution in [0.5, 0.6) is 0 Å². The van der Waals surface area contributed by atoms with Gasteiger partial charge in [-0.25, -0.2) is 0 Å². The van der Waals surface area contributed by atoms with Crippen LogP contribution in [0.2, 0.25) is 0 Å². The Morgan fingerprint density at radius 3 is 2.56 bits per heavy atom. The number of nitrogens with one attached hydrogen (secondary N) is 1. The summed E-state index contributed by atoms with van der Waals surface area (Å²) in [5.41, 5.74) is 0.493. The summed E-state index contributed by atoms with van der Waals surface area (Å²) in [5.74, 6) is 0. The van der Waals surface area contributed by atoms with Gasteiger partial charge in [0.1, 0.15) is 0 Å². The molecule has 1 aliphatic rings. The van der Waals surface area contributed by atoms with E-state index < -0.39 is 0 Å². The standard InChI is InChI=1S/C13H27N2.K/c1-5-6-10-15(4)11-7-12-13(2,3)8-9-14-12;/h12,14H,1,5-11H2,2-4H3;/q-1;+1. The molecule has 0 aromatic carbocycles. The molecule has 0 amide bonds. The molecular formula is C13H27KN2. The van der Waals surface area contributed by atoms with Gasteiger partial charge in [0.25, 0.3) is 0 Å². The fraction of sp³-hybridized carbons (Fsp3) is 0.923. The molecule has 1 unspecified atom stereocenters. The minimum atomic E-state index is 0. The molecule has 1 fully saturated rings. The average molecular weight is 250 g/mol. The maximum atomic E-state index is 3.88. The Labute approximate surface area is 144 Å². The van der Waals surface area contributed by atoms with Crippen molar-refractivity contribution < 1.29 is 51.4 Å². The second kappa shape index (κ2) is 8.62. The van der Waals surface area contributed by atoms with Crippen molar-refractivity contribution in [2.45, 2.75) is 45.6 Å². The van der Waals surface area contributed by atoms with E-state index in [9.17, 15) is 0 Å². The number of rotatable bonds is 6. The molecule has 90 valence electrons. The zero-order chi connectivity index (χ0) is 11.3. The molecule has 1 aliphatic heterocycles. The Hall–Kier alpha value is 1.56. The number of hydrogen-bond donors (Lipinski definition) is 1. The van der Waals surface area contributed by atoms with E-state index in [-0.39, 0.29) is 51.4 Å². The summed E-state index contributed by atoms with van der Waals surface area (Å²) in [6, 6.07) is 0.708. The molecule has 1 rings (SSSR count). The van der Waals surface area contributed by atoms with Gasteiger partial charge in [-0.1, -0.05) is 20.3 Å². The number of hydrogen-bond acceptors (Lipinski definition) is 2. The molecule has 0 aromatic rings. The molecule has 1 atom stereocenters. The van der Waals surface area contributed by atoms with Gasteiger partial charge in [0.05, 0.1) is 0 Å². The van der Waals surface area contributed by atoms with E-state index in [0.29, 0.717) is 11.5 Å². The molecule has 0 spiro atoms. The van der Waals surface area contributed by atoms with Crippen molar-refractivity contribution in [3.8, 4) is 0 Å². The van der Waals surface area contributed by atoms with Crippen molar-refractivity contribution in [2.24, 2.45) is 5.41 Å². The Morgan fingerprint density at radius 2 is 2.06 bits per heavy atom. The van der Waals surface area contributed by atoms with E-state index in [2.05, 4.69) is 38.0 Å². The van der Waals surface area contributed by atoms with Crippen LogP contribution < -0.4 is 56.7 Å². The molecule has 0 radical (unpaired) electrons. The minimum Gasteiger partial charge on any atom is -0.343 e. The van der Waals surface area contributed by atoms with Crippen LogP contribution in [0.4, 0.5) is 0 Å². The Morgan fingerprint density at radius 1 is 1.38 bits per heavy atom. The smallest absolute Gasteiger partial charge is 0.343 e. The van der Waals surface area contributed by atoms with Crippen molar-refractivity contribution in [3.05, 3.63) is 6.92 Å². The summed E-state index contributed by atoms with van der Waals surface area (Å²) in [4.78, 5) is 2.43. The summed E-state index contributed by atoms with van der Waals surface area (Å²) < 4.78 is 0. The second-order valence-electron chi connectivity index (χ2n) is 5.54. The zero-order valence-corrected chi connectivity index (χ0v) is 14.8. The van der Waals surface area contributed by atoms with E-state index in [4.69, 9.17) is 0 Å². The van der Waals surface area contributed by atoms with Crippen LogP contribution in [0, 0.1) is 12.3 Å². The molecule has 0 saturated carbocycles. The Bertz CT molecular complexity index is 183. The van der Waals surface area contributed by atoms with Gasteiger partial charge >= 0.3 is 51.4 Å². The van der Waals surface area contributed by atoms with Crippen LogP contribution >= 0.6 is 0 Å². The fourth-order valence-electron chi connectivity index (χ4n) is 2.35. The summed E-state index contributed by atoms with van der Waals surface area (Å²) in [6.45, 7) is 12.2. The average Bonchev–Trinajstić information content (AvgIpc) is 2.51. The molecule has 0 aliphatic carbocycles. The third-order valence-corrected chi connectivity index (χ3v) is 3.69. The van der Waals surface area contributed by atoms with Crippen LogP contribution in [0.25, 0.3) is 0 Å². The number of unbranched alkanes of at least 4 members (excludes halogenated alkanes) is 1. The van der Waals surface area contributed by atoms with E-state index in [1.807, 2.05) is 0 Å². The third-order valence-electron chi connectivity index (χ3n) is 3.69. The zero-order valence-electron chi connectivity index (χ0n) is 11.7. The van der Waals surface area contributed by atoms with E-state index in [0.717, 1.165) is 6.42 Å². The summed E-state index contributed by atoms with van der Waals surface area (Å²) in [5, 5.41) is 3.62. The third kappa shape index (κ3) is 5.94. The molecule has 1 saturated heterocycles. The van der Waals surface area contributed by atoms with Crippen LogP contribution in [-0.2, 0) is 0 Å². The van der Waals surface area contributed by atoms with Gasteiger partial charge in [-0.3, -0.25) is 0 Å². The second-order valence-corrected chi connectivity index (χ2v) is 5.54. The van der Waals surface area contributed by atoms with Crippen molar-refractivity contribution in [2.75, 3.05) is 26.7 Å². The topological polar surface area (TPSA) is 15.3 Å². The van der Waals surface area contributed by atoms with Gasteiger partial charge in [-0.2, -0.15) is 6.42 Å². The first-order valence-corrected chi connectivity index (χ1v) is 6.27. The fourth-order valence-corrected chi connectivity index (χ4v) is 2.35. The van der Waals surface area contributed by atoms with E-state index in [1.165, 1.54) is 38.9 Å². The molecule has 0 bridgehead atoms. The first-order valence-electron chi connectivity index (χ1n) is 6.27. The Balaban J connectivity index is 0.00000225. The van der Waals surface area contributed by atoms with Crippen LogP contribution in [0.15, 0.2) is 0 Å². The summed E-state index contributed by atoms with van der Waals surface area (Å²) in [6.07, 6.45) is 4.87. The molecule has 1 N–H and O–H groups in total. The van der Waals surface area contributed by atoms with Crippen LogP contribution in [-0.4, -0.2) is 37.6 Å². The molecule has 16 heavy (non-hydrogen) atoms. The largest absolute Gasteiger partial charge is 1.00 e. The Kier molecular flexibility index (Phi) is 9.46. The van der Waals surface area contributed by atoms with Gasteiger partial charge in [0, 0.05) is 6.04 Å². The summed E-state index contributed by atoms with van der Waals surface area (Å²) >= 11 is 0. The molecule has 0 aromatic heterocycles. The van der Waals surface area contributed by atoms with Crippen LogP contribution in [0.3, 0.4) is 0 Å². The monoisotopic (exact) mass is 250 g/mol. The van der Waals surface area contributed by atoms with E-state index in [1.54, 1.807) is 0 Å². The molecule has 1 heterocycles. The predicted octanol–water partition coefficient (Wildman–Crippen LogP) is -0.685. The predicted molar refractivity (Wildman–Crippen MR) is 66.9 cm³/mol. The molecule has 2 nitrogen and oxygen atoms in total. The van der Waals surface area contributed by atoms with Crippen LogP contribution in [0.1, 0.15) is 39.5 Å². The van der Waals surface area contributed by atoms with Crippen molar-refractivity contribution in [3.63, 3.8) is 0 Å². The normalized spacial score (nSPS) is 23.4. The first kappa shape index (κ1) is 17.6. The molecule has 3 heteroatoms.